The van der Waals surface area contributed by atoms with Crippen molar-refractivity contribution in [1.29, 1.82) is 0 Å². The predicted molar refractivity (Wildman–Crippen MR) is 58.5 cm³/mol. The molecule has 0 amide bonds. The van der Waals surface area contributed by atoms with Gasteiger partial charge in [0.2, 0.25) is 0 Å². The van der Waals surface area contributed by atoms with Crippen LogP contribution in [0.1, 0.15) is 31.0 Å². The molecule has 1 aliphatic rings. The van der Waals surface area contributed by atoms with Crippen molar-refractivity contribution in [3.63, 3.8) is 0 Å². The number of aromatic nitrogens is 2. The van der Waals surface area contributed by atoms with E-state index in [-0.39, 0.29) is 6.73 Å². The van der Waals surface area contributed by atoms with Crippen LogP contribution in [0.3, 0.4) is 0 Å². The number of aliphatic hydroxyl groups is 1. The third kappa shape index (κ3) is 1.27. The van der Waals surface area contributed by atoms with E-state index in [9.17, 15) is 5.11 Å². The van der Waals surface area contributed by atoms with Gasteiger partial charge in [0.25, 0.3) is 0 Å². The van der Waals surface area contributed by atoms with Gasteiger partial charge in [0.05, 0.1) is 11.0 Å². The lowest BCUT2D eigenvalue weighted by molar-refractivity contribution is 0.204. The van der Waals surface area contributed by atoms with E-state index in [1.54, 1.807) is 0 Å². The Balaban J connectivity index is 2.19. The van der Waals surface area contributed by atoms with Gasteiger partial charge in [0, 0.05) is 5.92 Å². The quantitative estimate of drug-likeness (QED) is 0.811. The second-order valence-electron chi connectivity index (χ2n) is 4.16. The second-order valence-corrected chi connectivity index (χ2v) is 4.16. The number of imidazole rings is 1. The first-order valence-corrected chi connectivity index (χ1v) is 5.46. The van der Waals surface area contributed by atoms with Crippen molar-refractivity contribution in [2.75, 3.05) is 0 Å². The largest absolute Gasteiger partial charge is 0.376 e. The Morgan fingerprint density at radius 1 is 1.33 bits per heavy atom. The van der Waals surface area contributed by atoms with E-state index < -0.39 is 0 Å². The molecular formula is C12H14N2O. The molecule has 1 aromatic heterocycles. The Labute approximate surface area is 88.4 Å². The van der Waals surface area contributed by atoms with Crippen LogP contribution in [-0.2, 0) is 6.73 Å². The van der Waals surface area contributed by atoms with Gasteiger partial charge in [-0.3, -0.25) is 0 Å². The minimum Gasteiger partial charge on any atom is -0.376 e. The average Bonchev–Trinajstić information content (AvgIpc) is 2.53. The zero-order chi connectivity index (χ0) is 10.3. The molecule has 1 saturated carbocycles. The molecule has 0 saturated heterocycles. The van der Waals surface area contributed by atoms with Crippen LogP contribution in [0.25, 0.3) is 11.0 Å². The number of fused-ring (bicyclic) bond motifs is 1. The van der Waals surface area contributed by atoms with Crippen LogP contribution in [0.5, 0.6) is 0 Å². The summed E-state index contributed by atoms with van der Waals surface area (Å²) in [6.07, 6.45) is 3.71. The van der Waals surface area contributed by atoms with Crippen LogP contribution in [0.15, 0.2) is 24.3 Å². The number of hydrogen-bond donors (Lipinski definition) is 1. The van der Waals surface area contributed by atoms with Crippen molar-refractivity contribution < 1.29 is 5.11 Å². The standard InChI is InChI=1S/C12H14N2O/c15-8-14-11-7-2-1-6-10(11)13-12(14)9-4-3-5-9/h1-2,6-7,9,15H,3-5,8H2. The summed E-state index contributed by atoms with van der Waals surface area (Å²) in [5.74, 6) is 1.62. The van der Waals surface area contributed by atoms with Crippen LogP contribution < -0.4 is 0 Å². The molecule has 1 aliphatic carbocycles. The molecule has 0 unspecified atom stereocenters. The van der Waals surface area contributed by atoms with Gasteiger partial charge >= 0.3 is 0 Å². The number of rotatable bonds is 2. The summed E-state index contributed by atoms with van der Waals surface area (Å²) in [6, 6.07) is 7.99. The Hall–Kier alpha value is -1.35. The molecule has 0 bridgehead atoms. The predicted octanol–water partition coefficient (Wildman–Crippen LogP) is 2.25. The SMILES string of the molecule is OCn1c(C2CCC2)nc2ccccc21. The van der Waals surface area contributed by atoms with Crippen molar-refractivity contribution in [2.24, 2.45) is 0 Å². The van der Waals surface area contributed by atoms with E-state index in [0.717, 1.165) is 16.9 Å². The van der Waals surface area contributed by atoms with Gasteiger partial charge in [-0.25, -0.2) is 4.98 Å². The van der Waals surface area contributed by atoms with Crippen LogP contribution in [0.2, 0.25) is 0 Å². The highest BCUT2D eigenvalue weighted by Gasteiger charge is 2.25. The van der Waals surface area contributed by atoms with Crippen molar-refractivity contribution in [3.8, 4) is 0 Å². The Kier molecular flexibility index (Phi) is 1.99. The summed E-state index contributed by atoms with van der Waals surface area (Å²) in [6.45, 7) is 0.0341. The number of hydrogen-bond acceptors (Lipinski definition) is 2. The van der Waals surface area contributed by atoms with E-state index in [0.29, 0.717) is 5.92 Å². The van der Waals surface area contributed by atoms with Crippen molar-refractivity contribution in [2.45, 2.75) is 31.9 Å². The first-order valence-electron chi connectivity index (χ1n) is 5.46. The van der Waals surface area contributed by atoms with Gasteiger partial charge in [-0.1, -0.05) is 18.6 Å². The normalized spacial score (nSPS) is 16.9. The number of benzene rings is 1. The lowest BCUT2D eigenvalue weighted by Gasteiger charge is -2.25. The van der Waals surface area contributed by atoms with E-state index in [2.05, 4.69) is 4.98 Å². The molecule has 0 atom stereocenters. The molecule has 3 rings (SSSR count). The molecule has 0 radical (unpaired) electrons. The molecule has 3 heteroatoms. The fraction of sp³-hybridized carbons (Fsp3) is 0.417. The van der Waals surface area contributed by atoms with Gasteiger partial charge in [-0.2, -0.15) is 0 Å². The Morgan fingerprint density at radius 2 is 2.13 bits per heavy atom. The molecule has 15 heavy (non-hydrogen) atoms. The smallest absolute Gasteiger partial charge is 0.121 e. The molecule has 78 valence electrons. The van der Waals surface area contributed by atoms with Crippen molar-refractivity contribution in [3.05, 3.63) is 30.1 Å². The molecule has 1 N–H and O–H groups in total. The molecule has 1 heterocycles. The Morgan fingerprint density at radius 3 is 2.80 bits per heavy atom. The minimum atomic E-state index is 0.0341. The highest BCUT2D eigenvalue weighted by Crippen LogP contribution is 2.36. The van der Waals surface area contributed by atoms with Crippen LogP contribution >= 0.6 is 0 Å². The van der Waals surface area contributed by atoms with Gasteiger partial charge in [-0.15, -0.1) is 0 Å². The summed E-state index contributed by atoms with van der Waals surface area (Å²) in [4.78, 5) is 4.61. The van der Waals surface area contributed by atoms with E-state index in [1.807, 2.05) is 28.8 Å². The molecule has 1 fully saturated rings. The first kappa shape index (κ1) is 8.92. The molecule has 0 spiro atoms. The molecule has 2 aromatic rings. The maximum atomic E-state index is 9.40. The van der Waals surface area contributed by atoms with E-state index in [4.69, 9.17) is 0 Å². The second kappa shape index (κ2) is 3.35. The summed E-state index contributed by atoms with van der Waals surface area (Å²) in [7, 11) is 0. The summed E-state index contributed by atoms with van der Waals surface area (Å²) >= 11 is 0. The average molecular weight is 202 g/mol. The number of para-hydroxylation sites is 2. The summed E-state index contributed by atoms with van der Waals surface area (Å²) < 4.78 is 1.93. The van der Waals surface area contributed by atoms with Crippen LogP contribution in [0, 0.1) is 0 Å². The highest BCUT2D eigenvalue weighted by molar-refractivity contribution is 5.76. The molecule has 3 nitrogen and oxygen atoms in total. The Bertz CT molecular complexity index is 485. The lowest BCUT2D eigenvalue weighted by atomic mass is 9.85. The maximum Gasteiger partial charge on any atom is 0.121 e. The van der Waals surface area contributed by atoms with E-state index >= 15 is 0 Å². The summed E-state index contributed by atoms with van der Waals surface area (Å²) in [5, 5.41) is 9.40. The molecule has 0 aliphatic heterocycles. The van der Waals surface area contributed by atoms with Gasteiger partial charge in [0.1, 0.15) is 12.6 Å². The molecular weight excluding hydrogens is 188 g/mol. The van der Waals surface area contributed by atoms with Gasteiger partial charge in [0.15, 0.2) is 0 Å². The van der Waals surface area contributed by atoms with Crippen molar-refractivity contribution in [1.82, 2.24) is 9.55 Å². The first-order chi connectivity index (χ1) is 7.40. The molecule has 1 aromatic carbocycles. The monoisotopic (exact) mass is 202 g/mol. The van der Waals surface area contributed by atoms with Crippen molar-refractivity contribution >= 4 is 11.0 Å². The third-order valence-electron chi connectivity index (χ3n) is 3.30. The van der Waals surface area contributed by atoms with Gasteiger partial charge < -0.3 is 9.67 Å². The fourth-order valence-electron chi connectivity index (χ4n) is 2.22. The third-order valence-corrected chi connectivity index (χ3v) is 3.30. The summed E-state index contributed by atoms with van der Waals surface area (Å²) in [5.41, 5.74) is 2.04. The fourth-order valence-corrected chi connectivity index (χ4v) is 2.22. The topological polar surface area (TPSA) is 38.0 Å². The maximum absolute atomic E-state index is 9.40. The van der Waals surface area contributed by atoms with Crippen LogP contribution in [-0.4, -0.2) is 14.7 Å². The zero-order valence-electron chi connectivity index (χ0n) is 8.56. The zero-order valence-corrected chi connectivity index (χ0v) is 8.56. The number of aliphatic hydroxyl groups excluding tert-OH is 1. The van der Waals surface area contributed by atoms with Gasteiger partial charge in [-0.05, 0) is 25.0 Å². The highest BCUT2D eigenvalue weighted by atomic mass is 16.3. The minimum absolute atomic E-state index is 0.0341. The lowest BCUT2D eigenvalue weighted by Crippen LogP contribution is -2.15. The van der Waals surface area contributed by atoms with E-state index in [1.165, 1.54) is 19.3 Å². The van der Waals surface area contributed by atoms with Crippen LogP contribution in [0.4, 0.5) is 0 Å². The number of nitrogens with zero attached hydrogens (tertiary/aromatic N) is 2.